The summed E-state index contributed by atoms with van der Waals surface area (Å²) in [6.45, 7) is 3.83. The Morgan fingerprint density at radius 3 is 2.67 bits per heavy atom. The number of hydrogen-bond acceptors (Lipinski definition) is 4. The van der Waals surface area contributed by atoms with Crippen molar-refractivity contribution >= 4 is 33.0 Å². The highest BCUT2D eigenvalue weighted by Crippen LogP contribution is 2.24. The molecule has 7 heteroatoms. The van der Waals surface area contributed by atoms with Gasteiger partial charge < -0.3 is 10.5 Å². The molecule has 0 bridgehead atoms. The van der Waals surface area contributed by atoms with Gasteiger partial charge in [0.15, 0.2) is 0 Å². The minimum Gasteiger partial charge on any atom is -0.399 e. The van der Waals surface area contributed by atoms with Gasteiger partial charge in [-0.3, -0.25) is 4.72 Å². The van der Waals surface area contributed by atoms with Crippen LogP contribution in [0.15, 0.2) is 18.2 Å². The average molecular weight is 293 g/mol. The third-order valence-corrected chi connectivity index (χ3v) is 3.61. The molecule has 0 aliphatic rings. The first-order valence-corrected chi connectivity index (χ1v) is 7.50. The van der Waals surface area contributed by atoms with Crippen molar-refractivity contribution in [1.29, 1.82) is 0 Å². The molecule has 0 fully saturated rings. The van der Waals surface area contributed by atoms with Crippen molar-refractivity contribution in [2.75, 3.05) is 22.8 Å². The van der Waals surface area contributed by atoms with Gasteiger partial charge in [0.25, 0.3) is 0 Å². The van der Waals surface area contributed by atoms with Gasteiger partial charge in [0.1, 0.15) is 0 Å². The molecule has 1 aromatic carbocycles. The number of ether oxygens (including phenoxy) is 1. The van der Waals surface area contributed by atoms with Gasteiger partial charge >= 0.3 is 0 Å². The number of benzene rings is 1. The molecule has 0 saturated heterocycles. The van der Waals surface area contributed by atoms with Crippen molar-refractivity contribution < 1.29 is 13.2 Å². The maximum Gasteiger partial charge on any atom is 0.235 e. The van der Waals surface area contributed by atoms with E-state index in [1.54, 1.807) is 6.07 Å². The molecule has 0 unspecified atom stereocenters. The van der Waals surface area contributed by atoms with Crippen molar-refractivity contribution in [3.8, 4) is 0 Å². The Balaban J connectivity index is 2.65. The highest BCUT2D eigenvalue weighted by Gasteiger charge is 2.13. The minimum atomic E-state index is -3.47. The summed E-state index contributed by atoms with van der Waals surface area (Å²) in [6.07, 6.45) is 0.000289. The third-order valence-electron chi connectivity index (χ3n) is 2.06. The van der Waals surface area contributed by atoms with Crippen LogP contribution in [0.4, 0.5) is 11.4 Å². The van der Waals surface area contributed by atoms with Crippen molar-refractivity contribution in [3.05, 3.63) is 23.2 Å². The number of halogens is 1. The third kappa shape index (κ3) is 5.12. The number of hydrogen-bond donors (Lipinski definition) is 2. The quantitative estimate of drug-likeness (QED) is 0.787. The summed E-state index contributed by atoms with van der Waals surface area (Å²) in [6, 6.07) is 4.59. The molecule has 0 spiro atoms. The van der Waals surface area contributed by atoms with E-state index in [-0.39, 0.29) is 23.5 Å². The summed E-state index contributed by atoms with van der Waals surface area (Å²) in [7, 11) is -3.47. The molecule has 1 rings (SSSR count). The van der Waals surface area contributed by atoms with Crippen LogP contribution in [0.5, 0.6) is 0 Å². The Morgan fingerprint density at radius 2 is 2.11 bits per heavy atom. The second kappa shape index (κ2) is 6.26. The lowest BCUT2D eigenvalue weighted by molar-refractivity contribution is 0.0913. The molecular formula is C11H17ClN2O3S. The van der Waals surface area contributed by atoms with E-state index in [2.05, 4.69) is 4.72 Å². The predicted molar refractivity (Wildman–Crippen MR) is 74.4 cm³/mol. The molecule has 0 radical (unpaired) electrons. The summed E-state index contributed by atoms with van der Waals surface area (Å²) < 4.78 is 31.1. The van der Waals surface area contributed by atoms with Crippen molar-refractivity contribution in [2.45, 2.75) is 20.0 Å². The molecule has 102 valence electrons. The Morgan fingerprint density at radius 1 is 1.44 bits per heavy atom. The first-order chi connectivity index (χ1) is 8.30. The lowest BCUT2D eigenvalue weighted by atomic mass is 10.3. The molecule has 18 heavy (non-hydrogen) atoms. The molecule has 0 aromatic heterocycles. The van der Waals surface area contributed by atoms with Gasteiger partial charge in [-0.15, -0.1) is 0 Å². The molecule has 0 aliphatic carbocycles. The number of nitrogens with two attached hydrogens (primary N) is 1. The Labute approximate surface area is 112 Å². The number of nitrogen functional groups attached to an aromatic ring is 1. The summed E-state index contributed by atoms with van der Waals surface area (Å²) in [5.41, 5.74) is 6.32. The fourth-order valence-corrected chi connectivity index (χ4v) is 2.45. The minimum absolute atomic E-state index is 0.000289. The van der Waals surface area contributed by atoms with Crippen LogP contribution in [0.3, 0.4) is 0 Å². The van der Waals surface area contributed by atoms with Crippen LogP contribution < -0.4 is 10.5 Å². The van der Waals surface area contributed by atoms with E-state index in [9.17, 15) is 8.42 Å². The lowest BCUT2D eigenvalue weighted by Crippen LogP contribution is -2.21. The second-order valence-electron chi connectivity index (χ2n) is 4.08. The monoisotopic (exact) mass is 292 g/mol. The Bertz CT molecular complexity index is 503. The molecular weight excluding hydrogens is 276 g/mol. The topological polar surface area (TPSA) is 81.4 Å². The molecule has 0 atom stereocenters. The zero-order chi connectivity index (χ0) is 13.8. The first kappa shape index (κ1) is 15.1. The number of anilines is 2. The van der Waals surface area contributed by atoms with Crippen LogP contribution in [0.25, 0.3) is 0 Å². The summed E-state index contributed by atoms with van der Waals surface area (Å²) >= 11 is 5.88. The van der Waals surface area contributed by atoms with E-state index in [0.717, 1.165) is 0 Å². The van der Waals surface area contributed by atoms with Gasteiger partial charge in [0.05, 0.1) is 29.2 Å². The molecule has 0 aliphatic heterocycles. The van der Waals surface area contributed by atoms with Gasteiger partial charge in [-0.25, -0.2) is 8.42 Å². The fraction of sp³-hybridized carbons (Fsp3) is 0.455. The maximum atomic E-state index is 11.7. The predicted octanol–water partition coefficient (Wildman–Crippen LogP) is 2.09. The van der Waals surface area contributed by atoms with E-state index in [1.807, 2.05) is 13.8 Å². The van der Waals surface area contributed by atoms with E-state index in [0.29, 0.717) is 11.4 Å². The van der Waals surface area contributed by atoms with Gasteiger partial charge in [-0.05, 0) is 32.0 Å². The van der Waals surface area contributed by atoms with Gasteiger partial charge in [0, 0.05) is 5.69 Å². The number of nitrogens with one attached hydrogen (secondary N) is 1. The maximum absolute atomic E-state index is 11.7. The summed E-state index contributed by atoms with van der Waals surface area (Å²) in [5, 5.41) is 0.267. The zero-order valence-corrected chi connectivity index (χ0v) is 11.9. The second-order valence-corrected chi connectivity index (χ2v) is 6.33. The molecule has 5 nitrogen and oxygen atoms in total. The van der Waals surface area contributed by atoms with Crippen molar-refractivity contribution in [3.63, 3.8) is 0 Å². The normalized spacial score (nSPS) is 11.8. The first-order valence-electron chi connectivity index (χ1n) is 5.47. The van der Waals surface area contributed by atoms with Crippen molar-refractivity contribution in [2.24, 2.45) is 0 Å². The van der Waals surface area contributed by atoms with E-state index >= 15 is 0 Å². The largest absolute Gasteiger partial charge is 0.399 e. The lowest BCUT2D eigenvalue weighted by Gasteiger charge is -2.11. The fourth-order valence-electron chi connectivity index (χ4n) is 1.23. The van der Waals surface area contributed by atoms with Crippen LogP contribution in [0.2, 0.25) is 5.02 Å². The van der Waals surface area contributed by atoms with Crippen molar-refractivity contribution in [1.82, 2.24) is 0 Å². The van der Waals surface area contributed by atoms with Gasteiger partial charge in [-0.2, -0.15) is 0 Å². The summed E-state index contributed by atoms with van der Waals surface area (Å²) in [5.74, 6) is -0.119. The van der Waals surface area contributed by atoms with Gasteiger partial charge in [-0.1, -0.05) is 11.6 Å². The Kier molecular flexibility index (Phi) is 5.25. The zero-order valence-electron chi connectivity index (χ0n) is 10.3. The van der Waals surface area contributed by atoms with E-state index < -0.39 is 10.0 Å². The molecule has 0 heterocycles. The molecule has 1 aromatic rings. The van der Waals surface area contributed by atoms with Crippen LogP contribution in [-0.4, -0.2) is 26.9 Å². The van der Waals surface area contributed by atoms with Crippen LogP contribution >= 0.6 is 11.6 Å². The number of sulfonamides is 1. The van der Waals surface area contributed by atoms with E-state index in [4.69, 9.17) is 22.1 Å². The molecule has 0 saturated carbocycles. The molecule has 3 N–H and O–H groups in total. The number of rotatable bonds is 6. The van der Waals surface area contributed by atoms with Crippen LogP contribution in [0, 0.1) is 0 Å². The van der Waals surface area contributed by atoms with Crippen LogP contribution in [0.1, 0.15) is 13.8 Å². The molecule has 0 amide bonds. The smallest absolute Gasteiger partial charge is 0.235 e. The van der Waals surface area contributed by atoms with Crippen LogP contribution in [-0.2, 0) is 14.8 Å². The summed E-state index contributed by atoms with van der Waals surface area (Å²) in [4.78, 5) is 0. The Hall–Kier alpha value is -0.980. The standard InChI is InChI=1S/C11H17ClN2O3S/c1-8(2)17-5-6-18(15,16)14-11-4-3-9(13)7-10(11)12/h3-4,7-8,14H,5-6,13H2,1-2H3. The van der Waals surface area contributed by atoms with Gasteiger partial charge in [0.2, 0.25) is 10.0 Å². The SMILES string of the molecule is CC(C)OCCS(=O)(=O)Nc1ccc(N)cc1Cl. The highest BCUT2D eigenvalue weighted by atomic mass is 35.5. The average Bonchev–Trinajstić information content (AvgIpc) is 2.21. The highest BCUT2D eigenvalue weighted by molar-refractivity contribution is 7.92. The van der Waals surface area contributed by atoms with E-state index in [1.165, 1.54) is 12.1 Å².